The number of hydrogen-bond acceptors (Lipinski definition) is 5. The van der Waals surface area contributed by atoms with Crippen molar-refractivity contribution >= 4 is 23.6 Å². The van der Waals surface area contributed by atoms with Crippen molar-refractivity contribution in [2.24, 2.45) is 0 Å². The van der Waals surface area contributed by atoms with Crippen molar-refractivity contribution in [1.82, 2.24) is 10.6 Å². The van der Waals surface area contributed by atoms with Crippen molar-refractivity contribution in [3.63, 3.8) is 0 Å². The van der Waals surface area contributed by atoms with E-state index >= 15 is 0 Å². The van der Waals surface area contributed by atoms with Gasteiger partial charge in [0.25, 0.3) is 0 Å². The molecule has 1 aromatic rings. The normalized spacial score (nSPS) is 10.4. The van der Waals surface area contributed by atoms with E-state index in [4.69, 9.17) is 10.00 Å². The monoisotopic (exact) mass is 360 g/mol. The molecule has 0 aliphatic heterocycles. The van der Waals surface area contributed by atoms with E-state index in [9.17, 15) is 14.4 Å². The van der Waals surface area contributed by atoms with Gasteiger partial charge in [0.15, 0.2) is 0 Å². The maximum Gasteiger partial charge on any atom is 0.407 e. The molecule has 26 heavy (non-hydrogen) atoms. The minimum atomic E-state index is -0.581. The molecule has 0 atom stereocenters. The summed E-state index contributed by atoms with van der Waals surface area (Å²) in [6, 6.07) is 8.73. The van der Waals surface area contributed by atoms with Crippen LogP contribution in [-0.2, 0) is 20.9 Å². The number of anilines is 1. The predicted molar refractivity (Wildman–Crippen MR) is 96.0 cm³/mol. The third-order valence-electron chi connectivity index (χ3n) is 2.99. The van der Waals surface area contributed by atoms with Crippen molar-refractivity contribution in [2.75, 3.05) is 11.9 Å². The van der Waals surface area contributed by atoms with Gasteiger partial charge < -0.3 is 20.7 Å². The van der Waals surface area contributed by atoms with Crippen LogP contribution in [0.5, 0.6) is 0 Å². The van der Waals surface area contributed by atoms with Crippen LogP contribution in [0.4, 0.5) is 10.5 Å². The molecule has 0 bridgehead atoms. The van der Waals surface area contributed by atoms with Crippen LogP contribution in [0.3, 0.4) is 0 Å². The average Bonchev–Trinajstić information content (AvgIpc) is 2.53. The number of hydrogen-bond donors (Lipinski definition) is 3. The summed E-state index contributed by atoms with van der Waals surface area (Å²) in [6.07, 6.45) is -0.621. The van der Waals surface area contributed by atoms with Crippen molar-refractivity contribution in [3.8, 4) is 6.07 Å². The molecule has 0 aliphatic rings. The molecule has 0 fully saturated rings. The molecule has 1 aromatic carbocycles. The lowest BCUT2D eigenvalue weighted by Crippen LogP contribution is -2.34. The summed E-state index contributed by atoms with van der Waals surface area (Å²) in [4.78, 5) is 34.6. The number of alkyl carbamates (subject to hydrolysis) is 1. The molecule has 0 aliphatic carbocycles. The Labute approximate surface area is 152 Å². The Bertz CT molecular complexity index is 672. The second-order valence-corrected chi connectivity index (χ2v) is 6.54. The van der Waals surface area contributed by atoms with Gasteiger partial charge >= 0.3 is 6.09 Å². The van der Waals surface area contributed by atoms with Crippen LogP contribution in [0.25, 0.3) is 0 Å². The van der Waals surface area contributed by atoms with Crippen LogP contribution in [0.1, 0.15) is 39.2 Å². The van der Waals surface area contributed by atoms with Gasteiger partial charge in [-0.3, -0.25) is 9.59 Å². The van der Waals surface area contributed by atoms with Gasteiger partial charge in [0.1, 0.15) is 12.0 Å². The maximum atomic E-state index is 11.9. The highest BCUT2D eigenvalue weighted by atomic mass is 16.6. The summed E-state index contributed by atoms with van der Waals surface area (Å²) in [7, 11) is 0. The van der Waals surface area contributed by atoms with Crippen molar-refractivity contribution in [3.05, 3.63) is 29.8 Å². The summed E-state index contributed by atoms with van der Waals surface area (Å²) in [6.45, 7) is 5.77. The fourth-order valence-corrected chi connectivity index (χ4v) is 1.86. The number of rotatable bonds is 7. The van der Waals surface area contributed by atoms with Gasteiger partial charge in [0.05, 0.1) is 6.07 Å². The van der Waals surface area contributed by atoms with E-state index in [2.05, 4.69) is 16.0 Å². The number of nitrogens with one attached hydrogen (secondary N) is 3. The Morgan fingerprint density at radius 2 is 1.73 bits per heavy atom. The standard InChI is InChI=1S/C18H24N4O4/c1-18(2,3)26-17(25)20-11-9-16(24)22-14-6-4-13(5-7-14)12-21-15(23)8-10-19/h4-7H,8-9,11-12H2,1-3H3,(H,20,25)(H,21,23)(H,22,24). The number of carbonyl (C=O) groups is 3. The van der Waals surface area contributed by atoms with Crippen LogP contribution >= 0.6 is 0 Å². The third-order valence-corrected chi connectivity index (χ3v) is 2.99. The fraction of sp³-hybridized carbons (Fsp3) is 0.444. The fourth-order valence-electron chi connectivity index (χ4n) is 1.86. The summed E-state index contributed by atoms with van der Waals surface area (Å²) >= 11 is 0. The molecule has 140 valence electrons. The Hall–Kier alpha value is -3.08. The number of benzene rings is 1. The lowest BCUT2D eigenvalue weighted by molar-refractivity contribution is -0.120. The van der Waals surface area contributed by atoms with Gasteiger partial charge in [-0.1, -0.05) is 12.1 Å². The van der Waals surface area contributed by atoms with E-state index in [0.717, 1.165) is 5.56 Å². The van der Waals surface area contributed by atoms with Crippen LogP contribution in [0.15, 0.2) is 24.3 Å². The highest BCUT2D eigenvalue weighted by Crippen LogP contribution is 2.10. The first kappa shape index (κ1) is 21.0. The Kier molecular flexibility index (Phi) is 8.09. The molecule has 8 nitrogen and oxygen atoms in total. The smallest absolute Gasteiger partial charge is 0.407 e. The molecule has 0 saturated heterocycles. The quantitative estimate of drug-likeness (QED) is 0.687. The number of nitrogens with zero attached hydrogens (tertiary/aromatic N) is 1. The summed E-state index contributed by atoms with van der Waals surface area (Å²) in [5, 5.41) is 16.3. The number of amides is 3. The van der Waals surface area contributed by atoms with Gasteiger partial charge in [-0.05, 0) is 38.5 Å². The van der Waals surface area contributed by atoms with Crippen molar-refractivity contribution in [1.29, 1.82) is 5.26 Å². The first-order valence-electron chi connectivity index (χ1n) is 8.19. The summed E-state index contributed by atoms with van der Waals surface area (Å²) in [5.41, 5.74) is 0.877. The van der Waals surface area contributed by atoms with E-state index in [0.29, 0.717) is 12.2 Å². The first-order valence-corrected chi connectivity index (χ1v) is 8.19. The Balaban J connectivity index is 2.33. The highest BCUT2D eigenvalue weighted by molar-refractivity contribution is 5.91. The minimum absolute atomic E-state index is 0.116. The van der Waals surface area contributed by atoms with Gasteiger partial charge in [0.2, 0.25) is 11.8 Å². The van der Waals surface area contributed by atoms with E-state index in [1.54, 1.807) is 51.1 Å². The lowest BCUT2D eigenvalue weighted by atomic mass is 10.2. The number of nitriles is 1. The van der Waals surface area contributed by atoms with E-state index in [1.807, 2.05) is 0 Å². The third kappa shape index (κ3) is 9.27. The van der Waals surface area contributed by atoms with Crippen LogP contribution < -0.4 is 16.0 Å². The van der Waals surface area contributed by atoms with Gasteiger partial charge in [-0.2, -0.15) is 5.26 Å². The molecular formula is C18H24N4O4. The summed E-state index contributed by atoms with van der Waals surface area (Å²) < 4.78 is 5.08. The van der Waals surface area contributed by atoms with E-state index in [-0.39, 0.29) is 31.2 Å². The second-order valence-electron chi connectivity index (χ2n) is 6.54. The SMILES string of the molecule is CC(C)(C)OC(=O)NCCC(=O)Nc1ccc(CNC(=O)CC#N)cc1. The molecule has 1 rings (SSSR count). The zero-order valence-electron chi connectivity index (χ0n) is 15.2. The van der Waals surface area contributed by atoms with Crippen LogP contribution in [0, 0.1) is 11.3 Å². The molecule has 0 radical (unpaired) electrons. The molecule has 3 amide bonds. The number of ether oxygens (including phenoxy) is 1. The van der Waals surface area contributed by atoms with Gasteiger partial charge in [0, 0.05) is 25.2 Å². The van der Waals surface area contributed by atoms with Gasteiger partial charge in [-0.25, -0.2) is 4.79 Å². The topological polar surface area (TPSA) is 120 Å². The minimum Gasteiger partial charge on any atom is -0.444 e. The molecule has 0 unspecified atom stereocenters. The van der Waals surface area contributed by atoms with E-state index in [1.165, 1.54) is 0 Å². The van der Waals surface area contributed by atoms with Crippen molar-refractivity contribution in [2.45, 2.75) is 45.8 Å². The van der Waals surface area contributed by atoms with Crippen molar-refractivity contribution < 1.29 is 19.1 Å². The molecule has 8 heteroatoms. The molecule has 3 N–H and O–H groups in total. The molecular weight excluding hydrogens is 336 g/mol. The largest absolute Gasteiger partial charge is 0.444 e. The molecule has 0 spiro atoms. The van der Waals surface area contributed by atoms with Crippen LogP contribution in [-0.4, -0.2) is 30.1 Å². The highest BCUT2D eigenvalue weighted by Gasteiger charge is 2.15. The average molecular weight is 360 g/mol. The summed E-state index contributed by atoms with van der Waals surface area (Å²) in [5.74, 6) is -0.571. The molecule has 0 aromatic heterocycles. The Morgan fingerprint density at radius 3 is 2.31 bits per heavy atom. The Morgan fingerprint density at radius 1 is 1.08 bits per heavy atom. The predicted octanol–water partition coefficient (Wildman–Crippen LogP) is 2.07. The van der Waals surface area contributed by atoms with Gasteiger partial charge in [-0.15, -0.1) is 0 Å². The van der Waals surface area contributed by atoms with Crippen LogP contribution in [0.2, 0.25) is 0 Å². The zero-order chi connectivity index (χ0) is 19.6. The molecule has 0 heterocycles. The second kappa shape index (κ2) is 10.0. The number of carbonyl (C=O) groups excluding carboxylic acids is 3. The molecule has 0 saturated carbocycles. The zero-order valence-corrected chi connectivity index (χ0v) is 15.2. The lowest BCUT2D eigenvalue weighted by Gasteiger charge is -2.19. The van der Waals surface area contributed by atoms with E-state index < -0.39 is 11.7 Å². The maximum absolute atomic E-state index is 11.9. The first-order chi connectivity index (χ1) is 12.2.